The van der Waals surface area contributed by atoms with Crippen LogP contribution in [0.3, 0.4) is 0 Å². The number of hydrogen-bond acceptors (Lipinski definition) is 3. The van der Waals surface area contributed by atoms with Gasteiger partial charge in [0.15, 0.2) is 0 Å². The van der Waals surface area contributed by atoms with Gasteiger partial charge < -0.3 is 15.1 Å². The molecule has 1 unspecified atom stereocenters. The molecule has 0 aliphatic carbocycles. The Hall–Kier alpha value is -1.59. The van der Waals surface area contributed by atoms with E-state index in [2.05, 4.69) is 5.32 Å². The summed E-state index contributed by atoms with van der Waals surface area (Å²) >= 11 is 0. The number of benzene rings is 1. The number of hydrogen-bond donors (Lipinski definition) is 1. The molecule has 1 heterocycles. The second-order valence-corrected chi connectivity index (χ2v) is 5.63. The van der Waals surface area contributed by atoms with Gasteiger partial charge in [0.05, 0.1) is 0 Å². The van der Waals surface area contributed by atoms with Crippen LogP contribution in [0.4, 0.5) is 0 Å². The highest BCUT2D eigenvalue weighted by Crippen LogP contribution is 2.20. The first-order valence-corrected chi connectivity index (χ1v) is 7.32. The Morgan fingerprint density at radius 3 is 2.36 bits per heavy atom. The highest BCUT2D eigenvalue weighted by Gasteiger charge is 2.28. The van der Waals surface area contributed by atoms with Gasteiger partial charge in [-0.25, -0.2) is 0 Å². The molecule has 122 valence electrons. The molecule has 0 radical (unpaired) electrons. The smallest absolute Gasteiger partial charge is 0.254 e. The number of rotatable bonds is 4. The summed E-state index contributed by atoms with van der Waals surface area (Å²) in [6.45, 7) is 1.63. The number of halogens is 1. The molecule has 5 nitrogen and oxygen atoms in total. The molecule has 0 bridgehead atoms. The molecular formula is C16H24ClN3O2. The minimum Gasteiger partial charge on any atom is -0.345 e. The monoisotopic (exact) mass is 325 g/mol. The number of carbonyl (C=O) groups excluding carboxylic acids is 2. The fourth-order valence-electron chi connectivity index (χ4n) is 2.73. The molecule has 6 heteroatoms. The van der Waals surface area contributed by atoms with Gasteiger partial charge in [-0.15, -0.1) is 12.4 Å². The summed E-state index contributed by atoms with van der Waals surface area (Å²) in [6.07, 6.45) is 2.10. The Bertz CT molecular complexity index is 517. The average Bonchev–Trinajstić information content (AvgIpc) is 2.94. The zero-order valence-electron chi connectivity index (χ0n) is 13.3. The number of nitrogens with zero attached hydrogens (tertiary/aromatic N) is 2. The quantitative estimate of drug-likeness (QED) is 0.915. The van der Waals surface area contributed by atoms with Crippen molar-refractivity contribution in [3.63, 3.8) is 0 Å². The number of likely N-dealkylation sites (N-methyl/N-ethyl adjacent to an activating group) is 1. The molecule has 1 atom stereocenters. The van der Waals surface area contributed by atoms with E-state index < -0.39 is 0 Å². The molecule has 1 aliphatic heterocycles. The molecule has 1 fully saturated rings. The van der Waals surface area contributed by atoms with E-state index in [9.17, 15) is 9.59 Å². The zero-order valence-corrected chi connectivity index (χ0v) is 14.2. The van der Waals surface area contributed by atoms with E-state index in [1.54, 1.807) is 38.4 Å². The van der Waals surface area contributed by atoms with E-state index in [4.69, 9.17) is 0 Å². The third kappa shape index (κ3) is 3.99. The van der Waals surface area contributed by atoms with Crippen LogP contribution in [0.15, 0.2) is 24.3 Å². The molecule has 1 aromatic carbocycles. The van der Waals surface area contributed by atoms with E-state index >= 15 is 0 Å². The van der Waals surface area contributed by atoms with Gasteiger partial charge in [0.2, 0.25) is 0 Å². The van der Waals surface area contributed by atoms with Crippen LogP contribution in [-0.4, -0.2) is 61.9 Å². The van der Waals surface area contributed by atoms with Crippen LogP contribution in [0.2, 0.25) is 0 Å². The number of nitrogens with one attached hydrogen (secondary N) is 1. The lowest BCUT2D eigenvalue weighted by Gasteiger charge is -2.24. The normalized spacial score (nSPS) is 17.0. The van der Waals surface area contributed by atoms with Crippen molar-refractivity contribution < 1.29 is 9.59 Å². The maximum absolute atomic E-state index is 12.6. The highest BCUT2D eigenvalue weighted by atomic mass is 35.5. The van der Waals surface area contributed by atoms with Crippen LogP contribution >= 0.6 is 12.4 Å². The van der Waals surface area contributed by atoms with Gasteiger partial charge in [-0.3, -0.25) is 9.59 Å². The molecule has 1 aliphatic rings. The largest absolute Gasteiger partial charge is 0.345 e. The van der Waals surface area contributed by atoms with Crippen molar-refractivity contribution in [3.05, 3.63) is 35.4 Å². The Morgan fingerprint density at radius 2 is 1.82 bits per heavy atom. The van der Waals surface area contributed by atoms with Crippen molar-refractivity contribution in [1.29, 1.82) is 0 Å². The number of amides is 2. The third-order valence-electron chi connectivity index (χ3n) is 3.86. The summed E-state index contributed by atoms with van der Waals surface area (Å²) in [5.74, 6) is -0.000155. The van der Waals surface area contributed by atoms with Crippen LogP contribution in [0.5, 0.6) is 0 Å². The molecule has 0 saturated carbocycles. The standard InChI is InChI=1S/C16H23N3O2.ClH/c1-17-11-14-5-4-10-19(14)16(21)13-8-6-12(7-9-13)15(20)18(2)3;/h6-9,14,17H,4-5,10-11H2,1-3H3;1H. The van der Waals surface area contributed by atoms with Crippen molar-refractivity contribution in [3.8, 4) is 0 Å². The van der Waals surface area contributed by atoms with Gasteiger partial charge in [0.1, 0.15) is 0 Å². The molecule has 0 aromatic heterocycles. The van der Waals surface area contributed by atoms with Gasteiger partial charge in [0, 0.05) is 44.4 Å². The van der Waals surface area contributed by atoms with E-state index in [0.29, 0.717) is 11.1 Å². The Balaban J connectivity index is 0.00000242. The molecule has 1 aromatic rings. The topological polar surface area (TPSA) is 52.7 Å². The summed E-state index contributed by atoms with van der Waals surface area (Å²) < 4.78 is 0. The second-order valence-electron chi connectivity index (χ2n) is 5.63. The highest BCUT2D eigenvalue weighted by molar-refractivity contribution is 5.97. The number of likely N-dealkylation sites (tertiary alicyclic amines) is 1. The third-order valence-corrected chi connectivity index (χ3v) is 3.86. The van der Waals surface area contributed by atoms with Crippen LogP contribution in [0.1, 0.15) is 33.6 Å². The first kappa shape index (κ1) is 18.5. The minimum atomic E-state index is -0.0526. The zero-order chi connectivity index (χ0) is 15.4. The van der Waals surface area contributed by atoms with Gasteiger partial charge in [0.25, 0.3) is 11.8 Å². The molecule has 1 saturated heterocycles. The van der Waals surface area contributed by atoms with Crippen molar-refractivity contribution in [2.75, 3.05) is 34.2 Å². The Labute approximate surface area is 138 Å². The first-order chi connectivity index (χ1) is 10.0. The van der Waals surface area contributed by atoms with E-state index in [1.165, 1.54) is 4.90 Å². The fraction of sp³-hybridized carbons (Fsp3) is 0.500. The first-order valence-electron chi connectivity index (χ1n) is 7.32. The molecule has 2 rings (SSSR count). The Kier molecular flexibility index (Phi) is 6.84. The maximum Gasteiger partial charge on any atom is 0.254 e. The van der Waals surface area contributed by atoms with Gasteiger partial charge in [-0.05, 0) is 44.2 Å². The molecule has 22 heavy (non-hydrogen) atoms. The Morgan fingerprint density at radius 1 is 1.23 bits per heavy atom. The fourth-order valence-corrected chi connectivity index (χ4v) is 2.73. The molecule has 1 N–H and O–H groups in total. The predicted octanol–water partition coefficient (Wildman–Crippen LogP) is 1.63. The average molecular weight is 326 g/mol. The molecule has 2 amide bonds. The summed E-state index contributed by atoms with van der Waals surface area (Å²) in [4.78, 5) is 27.8. The lowest BCUT2D eigenvalue weighted by Crippen LogP contribution is -2.40. The van der Waals surface area contributed by atoms with Crippen molar-refractivity contribution in [1.82, 2.24) is 15.1 Å². The summed E-state index contributed by atoms with van der Waals surface area (Å²) in [7, 11) is 5.34. The van der Waals surface area contributed by atoms with Gasteiger partial charge in [-0.2, -0.15) is 0 Å². The summed E-state index contributed by atoms with van der Waals surface area (Å²) in [6, 6.07) is 7.20. The van der Waals surface area contributed by atoms with Crippen LogP contribution < -0.4 is 5.32 Å². The molecule has 0 spiro atoms. The molecular weight excluding hydrogens is 302 g/mol. The van der Waals surface area contributed by atoms with Gasteiger partial charge in [-0.1, -0.05) is 0 Å². The summed E-state index contributed by atoms with van der Waals surface area (Å²) in [5.41, 5.74) is 1.25. The van der Waals surface area contributed by atoms with Crippen LogP contribution in [-0.2, 0) is 0 Å². The minimum absolute atomic E-state index is 0. The van der Waals surface area contributed by atoms with E-state index in [1.807, 2.05) is 11.9 Å². The summed E-state index contributed by atoms with van der Waals surface area (Å²) in [5, 5.41) is 3.14. The SMILES string of the molecule is CNCC1CCCN1C(=O)c1ccc(C(=O)N(C)C)cc1.Cl. The van der Waals surface area contributed by atoms with Crippen molar-refractivity contribution in [2.45, 2.75) is 18.9 Å². The second kappa shape index (κ2) is 8.15. The van der Waals surface area contributed by atoms with E-state index in [-0.39, 0.29) is 30.3 Å². The van der Waals surface area contributed by atoms with Crippen LogP contribution in [0.25, 0.3) is 0 Å². The lowest BCUT2D eigenvalue weighted by molar-refractivity contribution is 0.0735. The van der Waals surface area contributed by atoms with Crippen molar-refractivity contribution >= 4 is 24.2 Å². The van der Waals surface area contributed by atoms with Crippen LogP contribution in [0, 0.1) is 0 Å². The predicted molar refractivity (Wildman–Crippen MR) is 89.7 cm³/mol. The number of carbonyl (C=O) groups is 2. The van der Waals surface area contributed by atoms with Crippen molar-refractivity contribution in [2.24, 2.45) is 0 Å². The maximum atomic E-state index is 12.6. The van der Waals surface area contributed by atoms with Gasteiger partial charge >= 0.3 is 0 Å². The lowest BCUT2D eigenvalue weighted by atomic mass is 10.1. The van der Waals surface area contributed by atoms with E-state index in [0.717, 1.165) is 25.9 Å².